The van der Waals surface area contributed by atoms with Crippen molar-refractivity contribution in [2.45, 2.75) is 58.2 Å². The van der Waals surface area contributed by atoms with Gasteiger partial charge < -0.3 is 15.4 Å². The van der Waals surface area contributed by atoms with E-state index < -0.39 is 6.36 Å². The summed E-state index contributed by atoms with van der Waals surface area (Å²) in [4.78, 5) is 17.1. The Balaban J connectivity index is 1.71. The molecule has 1 aromatic carbocycles. The molecule has 0 radical (unpaired) electrons. The summed E-state index contributed by atoms with van der Waals surface area (Å²) < 4.78 is 41.3. The molecule has 0 spiro atoms. The van der Waals surface area contributed by atoms with Crippen molar-refractivity contribution in [2.24, 2.45) is 5.92 Å². The number of anilines is 2. The maximum atomic E-state index is 12.8. The van der Waals surface area contributed by atoms with Gasteiger partial charge in [0.05, 0.1) is 5.56 Å². The van der Waals surface area contributed by atoms with Gasteiger partial charge in [-0.25, -0.2) is 4.98 Å². The summed E-state index contributed by atoms with van der Waals surface area (Å²) in [6.07, 6.45) is 2.76. The third kappa shape index (κ3) is 6.87. The number of pyridine rings is 1. The zero-order valence-electron chi connectivity index (χ0n) is 17.8. The predicted octanol–water partition coefficient (Wildman–Crippen LogP) is 6.16. The second-order valence-corrected chi connectivity index (χ2v) is 8.23. The van der Waals surface area contributed by atoms with Crippen LogP contribution in [0.1, 0.15) is 67.8 Å². The van der Waals surface area contributed by atoms with Gasteiger partial charge in [-0.05, 0) is 48.4 Å². The number of halogens is 3. The third-order valence-corrected chi connectivity index (χ3v) is 5.42. The lowest BCUT2D eigenvalue weighted by Gasteiger charge is -2.22. The van der Waals surface area contributed by atoms with Crippen molar-refractivity contribution in [2.75, 3.05) is 11.9 Å². The van der Waals surface area contributed by atoms with Gasteiger partial charge in [0.1, 0.15) is 11.6 Å². The number of benzene rings is 1. The molecular weight excluding hydrogens is 407 g/mol. The predicted molar refractivity (Wildman–Crippen MR) is 114 cm³/mol. The van der Waals surface area contributed by atoms with E-state index in [9.17, 15) is 18.0 Å². The van der Waals surface area contributed by atoms with Crippen LogP contribution in [0.25, 0.3) is 0 Å². The molecule has 168 valence electrons. The molecule has 1 fully saturated rings. The molecule has 0 bridgehead atoms. The van der Waals surface area contributed by atoms with Crippen LogP contribution in [0.2, 0.25) is 0 Å². The Morgan fingerprint density at radius 3 is 2.61 bits per heavy atom. The quantitative estimate of drug-likeness (QED) is 0.547. The Morgan fingerprint density at radius 2 is 1.94 bits per heavy atom. The number of hydrogen-bond donors (Lipinski definition) is 2. The molecule has 0 atom stereocenters. The van der Waals surface area contributed by atoms with E-state index in [1.54, 1.807) is 12.1 Å². The number of nitrogens with zero attached hydrogens (tertiary/aromatic N) is 1. The minimum atomic E-state index is -4.76. The standard InChI is InChI=1S/C23H28F3N3O2/c1-15(2)19-12-21(29-17-9-6-10-18(11-17)31-23(24,25)26)27-14-20(19)22(30)28-13-16-7-4-3-5-8-16/h6,9-12,14-16H,3-5,7-8,13H2,1-2H3,(H,27,29)(H,28,30). The van der Waals surface area contributed by atoms with E-state index in [-0.39, 0.29) is 17.6 Å². The Hall–Kier alpha value is -2.77. The molecule has 1 saturated carbocycles. The Morgan fingerprint density at radius 1 is 1.19 bits per heavy atom. The number of amides is 1. The van der Waals surface area contributed by atoms with Gasteiger partial charge in [0.25, 0.3) is 5.91 Å². The summed E-state index contributed by atoms with van der Waals surface area (Å²) in [6.45, 7) is 4.63. The lowest BCUT2D eigenvalue weighted by molar-refractivity contribution is -0.274. The number of alkyl halides is 3. The van der Waals surface area contributed by atoms with Gasteiger partial charge in [0, 0.05) is 24.5 Å². The van der Waals surface area contributed by atoms with Gasteiger partial charge in [0.2, 0.25) is 0 Å². The van der Waals surface area contributed by atoms with E-state index in [1.165, 1.54) is 43.7 Å². The summed E-state index contributed by atoms with van der Waals surface area (Å²) in [7, 11) is 0. The Kier molecular flexibility index (Phi) is 7.41. The highest BCUT2D eigenvalue weighted by Gasteiger charge is 2.31. The molecule has 2 aromatic rings. The molecule has 2 N–H and O–H groups in total. The van der Waals surface area contributed by atoms with Crippen molar-refractivity contribution < 1.29 is 22.7 Å². The van der Waals surface area contributed by atoms with Crippen LogP contribution in [-0.2, 0) is 0 Å². The SMILES string of the molecule is CC(C)c1cc(Nc2cccc(OC(F)(F)F)c2)ncc1C(=O)NCC1CCCCC1. The maximum Gasteiger partial charge on any atom is 0.573 e. The van der Waals surface area contributed by atoms with Crippen LogP contribution in [-0.4, -0.2) is 23.8 Å². The molecule has 8 heteroatoms. The molecule has 0 aliphatic heterocycles. The van der Waals surface area contributed by atoms with Crippen LogP contribution in [0.15, 0.2) is 36.5 Å². The molecule has 1 amide bonds. The fourth-order valence-electron chi connectivity index (χ4n) is 3.85. The van der Waals surface area contributed by atoms with Crippen LogP contribution in [0, 0.1) is 5.92 Å². The van der Waals surface area contributed by atoms with Crippen molar-refractivity contribution in [3.63, 3.8) is 0 Å². The number of carbonyl (C=O) groups excluding carboxylic acids is 1. The van der Waals surface area contributed by atoms with E-state index >= 15 is 0 Å². The van der Waals surface area contributed by atoms with Crippen LogP contribution in [0.5, 0.6) is 5.75 Å². The molecule has 1 aliphatic rings. The van der Waals surface area contributed by atoms with Gasteiger partial charge in [-0.1, -0.05) is 39.2 Å². The zero-order valence-corrected chi connectivity index (χ0v) is 17.8. The highest BCUT2D eigenvalue weighted by molar-refractivity contribution is 5.95. The summed E-state index contributed by atoms with van der Waals surface area (Å²) in [6, 6.07) is 7.31. The van der Waals surface area contributed by atoms with Crippen molar-refractivity contribution >= 4 is 17.4 Å². The Labute approximate surface area is 180 Å². The van der Waals surface area contributed by atoms with Gasteiger partial charge in [0.15, 0.2) is 0 Å². The maximum absolute atomic E-state index is 12.8. The van der Waals surface area contributed by atoms with Gasteiger partial charge in [-0.3, -0.25) is 4.79 Å². The molecular formula is C23H28F3N3O2. The number of carbonyl (C=O) groups is 1. The zero-order chi connectivity index (χ0) is 22.4. The van der Waals surface area contributed by atoms with Crippen LogP contribution < -0.4 is 15.4 Å². The largest absolute Gasteiger partial charge is 0.573 e. The number of ether oxygens (including phenoxy) is 1. The smallest absolute Gasteiger partial charge is 0.406 e. The van der Waals surface area contributed by atoms with Crippen molar-refractivity contribution in [1.29, 1.82) is 0 Å². The molecule has 0 unspecified atom stereocenters. The van der Waals surface area contributed by atoms with Crippen molar-refractivity contribution in [3.8, 4) is 5.75 Å². The van der Waals surface area contributed by atoms with Crippen molar-refractivity contribution in [3.05, 3.63) is 47.7 Å². The van der Waals surface area contributed by atoms with Crippen LogP contribution in [0.3, 0.4) is 0 Å². The first kappa shape index (κ1) is 22.9. The van der Waals surface area contributed by atoms with Crippen LogP contribution >= 0.6 is 0 Å². The fraction of sp³-hybridized carbons (Fsp3) is 0.478. The molecule has 3 rings (SSSR count). The lowest BCUT2D eigenvalue weighted by Crippen LogP contribution is -2.31. The Bertz CT molecular complexity index is 894. The monoisotopic (exact) mass is 435 g/mol. The minimum Gasteiger partial charge on any atom is -0.406 e. The summed E-state index contributed by atoms with van der Waals surface area (Å²) in [5.74, 6) is 0.574. The van der Waals surface area contributed by atoms with E-state index in [1.807, 2.05) is 13.8 Å². The number of aromatic nitrogens is 1. The fourth-order valence-corrected chi connectivity index (χ4v) is 3.85. The van der Waals surface area contributed by atoms with E-state index in [2.05, 4.69) is 20.4 Å². The summed E-state index contributed by atoms with van der Waals surface area (Å²) in [5, 5.41) is 6.02. The topological polar surface area (TPSA) is 63.2 Å². The second-order valence-electron chi connectivity index (χ2n) is 8.23. The van der Waals surface area contributed by atoms with E-state index in [0.717, 1.165) is 18.4 Å². The number of hydrogen-bond acceptors (Lipinski definition) is 4. The third-order valence-electron chi connectivity index (χ3n) is 5.42. The van der Waals surface area contributed by atoms with Crippen molar-refractivity contribution in [1.82, 2.24) is 10.3 Å². The normalized spacial score (nSPS) is 15.0. The first-order valence-corrected chi connectivity index (χ1v) is 10.6. The first-order chi connectivity index (χ1) is 14.7. The molecule has 31 heavy (non-hydrogen) atoms. The number of nitrogens with one attached hydrogen (secondary N) is 2. The minimum absolute atomic E-state index is 0.0684. The molecule has 0 saturated heterocycles. The van der Waals surface area contributed by atoms with Gasteiger partial charge in [-0.2, -0.15) is 0 Å². The van der Waals surface area contributed by atoms with Crippen LogP contribution in [0.4, 0.5) is 24.7 Å². The van der Waals surface area contributed by atoms with E-state index in [4.69, 9.17) is 0 Å². The second kappa shape index (κ2) is 10.0. The molecule has 1 aliphatic carbocycles. The summed E-state index contributed by atoms with van der Waals surface area (Å²) >= 11 is 0. The first-order valence-electron chi connectivity index (χ1n) is 10.6. The average Bonchev–Trinajstić information content (AvgIpc) is 2.71. The lowest BCUT2D eigenvalue weighted by atomic mass is 9.89. The van der Waals surface area contributed by atoms with Gasteiger partial charge in [-0.15, -0.1) is 13.2 Å². The highest BCUT2D eigenvalue weighted by atomic mass is 19.4. The molecule has 1 aromatic heterocycles. The average molecular weight is 435 g/mol. The molecule has 1 heterocycles. The highest BCUT2D eigenvalue weighted by Crippen LogP contribution is 2.28. The van der Waals surface area contributed by atoms with E-state index in [0.29, 0.717) is 29.5 Å². The van der Waals surface area contributed by atoms with Gasteiger partial charge >= 0.3 is 6.36 Å². The molecule has 5 nitrogen and oxygen atoms in total. The summed E-state index contributed by atoms with van der Waals surface area (Å²) in [5.41, 5.74) is 1.74. The number of rotatable bonds is 7.